The summed E-state index contributed by atoms with van der Waals surface area (Å²) < 4.78 is 0. The molecule has 51 heavy (non-hydrogen) atoms. The minimum atomic E-state index is 1.11. The van der Waals surface area contributed by atoms with E-state index >= 15 is 0 Å². The van der Waals surface area contributed by atoms with E-state index in [1.54, 1.807) is 0 Å². The molecule has 0 bridgehead atoms. The van der Waals surface area contributed by atoms with Crippen LogP contribution in [0.1, 0.15) is 16.7 Å². The molecule has 0 N–H and O–H groups in total. The molecule has 0 spiro atoms. The van der Waals surface area contributed by atoms with Crippen molar-refractivity contribution >= 4 is 28.7 Å². The van der Waals surface area contributed by atoms with E-state index in [-0.39, 0.29) is 0 Å². The van der Waals surface area contributed by atoms with Gasteiger partial charge in [0.05, 0.1) is 0 Å². The Labute approximate surface area is 300 Å². The van der Waals surface area contributed by atoms with E-state index in [1.807, 2.05) is 0 Å². The molecule has 240 valence electrons. The number of nitrogens with zero attached hydrogens (tertiary/aromatic N) is 1. The van der Waals surface area contributed by atoms with Gasteiger partial charge in [0.1, 0.15) is 0 Å². The number of hydrogen-bond acceptors (Lipinski definition) is 1. The SMILES string of the molecule is C(=C1c2ccccc2-c2ccccc21)c1ccc(-c2cccc(N(c3ccc(-c4ccccc4)cc3)c3ccc(-c4ccccc4)cc3)c2)cc1. The molecular weight excluding hydrogens is 615 g/mol. The van der Waals surface area contributed by atoms with E-state index in [0.717, 1.165) is 17.1 Å². The van der Waals surface area contributed by atoms with Crippen molar-refractivity contribution in [3.8, 4) is 44.5 Å². The Balaban J connectivity index is 1.06. The highest BCUT2D eigenvalue weighted by Gasteiger charge is 2.22. The van der Waals surface area contributed by atoms with Crippen LogP contribution < -0.4 is 4.90 Å². The molecule has 0 fully saturated rings. The minimum absolute atomic E-state index is 1.11. The van der Waals surface area contributed by atoms with Gasteiger partial charge in [-0.3, -0.25) is 0 Å². The highest BCUT2D eigenvalue weighted by atomic mass is 15.1. The molecule has 0 aromatic heterocycles. The Morgan fingerprint density at radius 3 is 1.18 bits per heavy atom. The Bertz CT molecular complexity index is 2340. The van der Waals surface area contributed by atoms with E-state index in [2.05, 4.69) is 217 Å². The number of benzene rings is 8. The van der Waals surface area contributed by atoms with Gasteiger partial charge in [0, 0.05) is 17.1 Å². The first-order valence-corrected chi connectivity index (χ1v) is 17.5. The average molecular weight is 650 g/mol. The number of hydrogen-bond donors (Lipinski definition) is 0. The lowest BCUT2D eigenvalue weighted by Crippen LogP contribution is -2.10. The summed E-state index contributed by atoms with van der Waals surface area (Å²) in [5.41, 5.74) is 18.2. The summed E-state index contributed by atoms with van der Waals surface area (Å²) in [4.78, 5) is 2.35. The fourth-order valence-electron chi connectivity index (χ4n) is 7.28. The van der Waals surface area contributed by atoms with Crippen LogP contribution >= 0.6 is 0 Å². The number of rotatable bonds is 7. The lowest BCUT2D eigenvalue weighted by atomic mass is 9.99. The van der Waals surface area contributed by atoms with Crippen molar-refractivity contribution in [1.29, 1.82) is 0 Å². The van der Waals surface area contributed by atoms with E-state index in [9.17, 15) is 0 Å². The van der Waals surface area contributed by atoms with Gasteiger partial charge in [0.15, 0.2) is 0 Å². The van der Waals surface area contributed by atoms with Crippen molar-refractivity contribution in [1.82, 2.24) is 0 Å². The van der Waals surface area contributed by atoms with Gasteiger partial charge < -0.3 is 4.90 Å². The minimum Gasteiger partial charge on any atom is -0.310 e. The molecule has 0 amide bonds. The van der Waals surface area contributed by atoms with Gasteiger partial charge in [0.25, 0.3) is 0 Å². The van der Waals surface area contributed by atoms with Crippen LogP contribution in [0.2, 0.25) is 0 Å². The zero-order chi connectivity index (χ0) is 34.0. The molecule has 0 atom stereocenters. The maximum atomic E-state index is 2.35. The zero-order valence-corrected chi connectivity index (χ0v) is 28.2. The largest absolute Gasteiger partial charge is 0.310 e. The molecule has 1 aliphatic rings. The first kappa shape index (κ1) is 30.4. The molecule has 0 aliphatic heterocycles. The lowest BCUT2D eigenvalue weighted by molar-refractivity contribution is 1.28. The normalized spacial score (nSPS) is 11.5. The summed E-state index contributed by atoms with van der Waals surface area (Å²) in [7, 11) is 0. The maximum Gasteiger partial charge on any atom is 0.0467 e. The van der Waals surface area contributed by atoms with Crippen molar-refractivity contribution in [2.75, 3.05) is 4.90 Å². The summed E-state index contributed by atoms with van der Waals surface area (Å²) in [5, 5.41) is 0. The molecule has 0 heterocycles. The van der Waals surface area contributed by atoms with Crippen LogP contribution in [-0.2, 0) is 0 Å². The first-order chi connectivity index (χ1) is 25.3. The van der Waals surface area contributed by atoms with Gasteiger partial charge in [-0.25, -0.2) is 0 Å². The highest BCUT2D eigenvalue weighted by Crippen LogP contribution is 2.45. The summed E-state index contributed by atoms with van der Waals surface area (Å²) in [6.45, 7) is 0. The summed E-state index contributed by atoms with van der Waals surface area (Å²) in [6, 6.07) is 74.1. The molecule has 0 radical (unpaired) electrons. The number of fused-ring (bicyclic) bond motifs is 3. The second kappa shape index (κ2) is 13.3. The summed E-state index contributed by atoms with van der Waals surface area (Å²) in [6.07, 6.45) is 2.32. The van der Waals surface area contributed by atoms with E-state index < -0.39 is 0 Å². The van der Waals surface area contributed by atoms with Crippen LogP contribution in [0.5, 0.6) is 0 Å². The third kappa shape index (κ3) is 5.96. The fraction of sp³-hybridized carbons (Fsp3) is 0. The van der Waals surface area contributed by atoms with Gasteiger partial charge in [0.2, 0.25) is 0 Å². The molecule has 0 saturated heterocycles. The molecule has 1 heteroatoms. The van der Waals surface area contributed by atoms with Crippen molar-refractivity contribution in [2.45, 2.75) is 0 Å². The molecule has 0 unspecified atom stereocenters. The molecule has 9 rings (SSSR count). The third-order valence-corrected chi connectivity index (χ3v) is 9.85. The average Bonchev–Trinajstić information content (AvgIpc) is 3.53. The Kier molecular flexibility index (Phi) is 7.92. The Hall–Kier alpha value is -6.70. The smallest absolute Gasteiger partial charge is 0.0467 e. The monoisotopic (exact) mass is 649 g/mol. The predicted octanol–water partition coefficient (Wildman–Crippen LogP) is 13.7. The van der Waals surface area contributed by atoms with Crippen molar-refractivity contribution in [2.24, 2.45) is 0 Å². The predicted molar refractivity (Wildman–Crippen MR) is 216 cm³/mol. The van der Waals surface area contributed by atoms with E-state index in [0.29, 0.717) is 0 Å². The topological polar surface area (TPSA) is 3.24 Å². The van der Waals surface area contributed by atoms with Crippen LogP contribution in [0.4, 0.5) is 17.1 Å². The molecule has 8 aromatic carbocycles. The fourth-order valence-corrected chi connectivity index (χ4v) is 7.28. The van der Waals surface area contributed by atoms with E-state index in [4.69, 9.17) is 0 Å². The third-order valence-electron chi connectivity index (χ3n) is 9.85. The van der Waals surface area contributed by atoms with Crippen LogP contribution in [0.15, 0.2) is 206 Å². The molecule has 1 aliphatic carbocycles. The van der Waals surface area contributed by atoms with Gasteiger partial charge in [-0.05, 0) is 109 Å². The molecule has 0 saturated carbocycles. The number of anilines is 3. The standard InChI is InChI=1S/C50H35N/c1-3-12-37(13-4-1)39-26-30-43(31-27-39)51(44-32-28-40(29-33-44)38-14-5-2-6-15-38)45-17-11-16-42(35-45)41-24-22-36(23-25-41)34-50-48-20-9-7-18-46(48)47-19-8-10-21-49(47)50/h1-35H. The van der Waals surface area contributed by atoms with Crippen LogP contribution in [0, 0.1) is 0 Å². The van der Waals surface area contributed by atoms with Gasteiger partial charge >= 0.3 is 0 Å². The van der Waals surface area contributed by atoms with Crippen molar-refractivity contribution in [3.63, 3.8) is 0 Å². The molecule has 8 aromatic rings. The van der Waals surface area contributed by atoms with Gasteiger partial charge in [-0.1, -0.05) is 170 Å². The molecular formula is C50H35N. The first-order valence-electron chi connectivity index (χ1n) is 17.5. The summed E-state index contributed by atoms with van der Waals surface area (Å²) >= 11 is 0. The van der Waals surface area contributed by atoms with Crippen LogP contribution in [0.3, 0.4) is 0 Å². The van der Waals surface area contributed by atoms with E-state index in [1.165, 1.54) is 66.8 Å². The Morgan fingerprint density at radius 2 is 0.667 bits per heavy atom. The highest BCUT2D eigenvalue weighted by molar-refractivity contribution is 6.06. The molecule has 1 nitrogen and oxygen atoms in total. The van der Waals surface area contributed by atoms with Crippen molar-refractivity contribution < 1.29 is 0 Å². The van der Waals surface area contributed by atoms with Crippen LogP contribution in [0.25, 0.3) is 56.2 Å². The van der Waals surface area contributed by atoms with Gasteiger partial charge in [-0.15, -0.1) is 0 Å². The lowest BCUT2D eigenvalue weighted by Gasteiger charge is -2.26. The second-order valence-corrected chi connectivity index (χ2v) is 13.0. The van der Waals surface area contributed by atoms with Gasteiger partial charge in [-0.2, -0.15) is 0 Å². The maximum absolute atomic E-state index is 2.35. The summed E-state index contributed by atoms with van der Waals surface area (Å²) in [5.74, 6) is 0. The quantitative estimate of drug-likeness (QED) is 0.166. The van der Waals surface area contributed by atoms with Crippen LogP contribution in [-0.4, -0.2) is 0 Å². The second-order valence-electron chi connectivity index (χ2n) is 13.0. The van der Waals surface area contributed by atoms with Crippen molar-refractivity contribution in [3.05, 3.63) is 223 Å². The zero-order valence-electron chi connectivity index (χ0n) is 28.2. The Morgan fingerprint density at radius 1 is 0.275 bits per heavy atom.